The molecule has 0 saturated heterocycles. The second-order valence-electron chi connectivity index (χ2n) is 3.81. The number of carbonyl (C=O) groups is 1. The summed E-state index contributed by atoms with van der Waals surface area (Å²) < 4.78 is 5.53. The van der Waals surface area contributed by atoms with Crippen LogP contribution >= 0.6 is 0 Å². The summed E-state index contributed by atoms with van der Waals surface area (Å²) in [6, 6.07) is 3.38. The molecule has 0 radical (unpaired) electrons. The zero-order chi connectivity index (χ0) is 12.7. The van der Waals surface area contributed by atoms with Gasteiger partial charge < -0.3 is 9.64 Å². The molecule has 17 heavy (non-hydrogen) atoms. The lowest BCUT2D eigenvalue weighted by Gasteiger charge is -2.17. The van der Waals surface area contributed by atoms with Gasteiger partial charge in [0, 0.05) is 24.4 Å². The van der Waals surface area contributed by atoms with E-state index in [9.17, 15) is 4.79 Å². The summed E-state index contributed by atoms with van der Waals surface area (Å²) in [5.41, 5.74) is 0.637. The molecule has 4 heteroatoms. The van der Waals surface area contributed by atoms with Crippen molar-refractivity contribution in [2.45, 2.75) is 20.8 Å². The maximum Gasteiger partial charge on any atom is 0.213 e. The maximum atomic E-state index is 11.2. The molecule has 4 nitrogen and oxygen atoms in total. The van der Waals surface area contributed by atoms with Crippen LogP contribution < -0.4 is 4.74 Å². The van der Waals surface area contributed by atoms with Crippen LogP contribution in [0.1, 0.15) is 31.1 Å². The minimum atomic E-state index is 0.0287. The first kappa shape index (κ1) is 13.6. The molecule has 1 rings (SSSR count). The molecule has 0 bridgehead atoms. The van der Waals surface area contributed by atoms with Crippen molar-refractivity contribution in [1.82, 2.24) is 9.88 Å². The molecule has 94 valence electrons. The Bertz CT molecular complexity index is 362. The van der Waals surface area contributed by atoms with Crippen LogP contribution in [-0.2, 0) is 0 Å². The van der Waals surface area contributed by atoms with Crippen LogP contribution in [0.15, 0.2) is 18.3 Å². The highest BCUT2D eigenvalue weighted by molar-refractivity contribution is 5.94. The summed E-state index contributed by atoms with van der Waals surface area (Å²) in [6.07, 6.45) is 1.60. The van der Waals surface area contributed by atoms with Gasteiger partial charge >= 0.3 is 0 Å². The van der Waals surface area contributed by atoms with Gasteiger partial charge in [-0.1, -0.05) is 13.8 Å². The number of pyridine rings is 1. The highest BCUT2D eigenvalue weighted by Gasteiger charge is 2.03. The van der Waals surface area contributed by atoms with Gasteiger partial charge in [0.2, 0.25) is 5.88 Å². The minimum absolute atomic E-state index is 0.0287. The van der Waals surface area contributed by atoms with E-state index in [-0.39, 0.29) is 5.78 Å². The van der Waals surface area contributed by atoms with Gasteiger partial charge in [-0.15, -0.1) is 0 Å². The Morgan fingerprint density at radius 1 is 1.41 bits per heavy atom. The van der Waals surface area contributed by atoms with E-state index in [0.717, 1.165) is 19.6 Å². The lowest BCUT2D eigenvalue weighted by atomic mass is 10.2. The first-order valence-corrected chi connectivity index (χ1v) is 5.99. The summed E-state index contributed by atoms with van der Waals surface area (Å²) in [5, 5.41) is 0. The van der Waals surface area contributed by atoms with E-state index in [2.05, 4.69) is 23.7 Å². The van der Waals surface area contributed by atoms with Gasteiger partial charge in [0.25, 0.3) is 0 Å². The molecule has 0 aromatic carbocycles. The second-order valence-corrected chi connectivity index (χ2v) is 3.81. The van der Waals surface area contributed by atoms with Gasteiger partial charge in [0.1, 0.15) is 6.61 Å². The molecule has 1 aromatic rings. The van der Waals surface area contributed by atoms with Crippen molar-refractivity contribution in [3.05, 3.63) is 23.9 Å². The highest BCUT2D eigenvalue weighted by atomic mass is 16.5. The van der Waals surface area contributed by atoms with Crippen molar-refractivity contribution >= 4 is 5.78 Å². The van der Waals surface area contributed by atoms with Crippen LogP contribution in [0.2, 0.25) is 0 Å². The monoisotopic (exact) mass is 236 g/mol. The average molecular weight is 236 g/mol. The largest absolute Gasteiger partial charge is 0.476 e. The van der Waals surface area contributed by atoms with Crippen molar-refractivity contribution in [3.63, 3.8) is 0 Å². The van der Waals surface area contributed by atoms with E-state index < -0.39 is 0 Å². The topological polar surface area (TPSA) is 42.4 Å². The molecule has 0 N–H and O–H groups in total. The van der Waals surface area contributed by atoms with E-state index in [1.54, 1.807) is 18.3 Å². The number of ether oxygens (including phenoxy) is 1. The van der Waals surface area contributed by atoms with Crippen molar-refractivity contribution in [2.75, 3.05) is 26.2 Å². The molecule has 1 heterocycles. The molecule has 0 spiro atoms. The predicted molar refractivity (Wildman–Crippen MR) is 67.5 cm³/mol. The van der Waals surface area contributed by atoms with Gasteiger partial charge in [-0.25, -0.2) is 4.98 Å². The number of Topliss-reactive ketones (excluding diaryl/α,β-unsaturated/α-hetero) is 1. The van der Waals surface area contributed by atoms with Gasteiger partial charge in [-0.2, -0.15) is 0 Å². The lowest BCUT2D eigenvalue weighted by molar-refractivity contribution is 0.101. The zero-order valence-corrected chi connectivity index (χ0v) is 10.8. The van der Waals surface area contributed by atoms with Gasteiger partial charge in [0.05, 0.1) is 0 Å². The summed E-state index contributed by atoms with van der Waals surface area (Å²) in [6.45, 7) is 9.28. The molecule has 0 aliphatic heterocycles. The Morgan fingerprint density at radius 2 is 2.12 bits per heavy atom. The number of carbonyl (C=O) groups excluding carboxylic acids is 1. The fourth-order valence-electron chi connectivity index (χ4n) is 1.53. The van der Waals surface area contributed by atoms with Crippen LogP contribution in [0.4, 0.5) is 0 Å². The standard InChI is InChI=1S/C13H20N2O2/c1-4-15(5-2)8-9-17-13-10-12(11(3)16)6-7-14-13/h6-7,10H,4-5,8-9H2,1-3H3. The summed E-state index contributed by atoms with van der Waals surface area (Å²) >= 11 is 0. The Morgan fingerprint density at radius 3 is 2.71 bits per heavy atom. The normalized spacial score (nSPS) is 10.6. The minimum Gasteiger partial charge on any atom is -0.476 e. The molecule has 0 aliphatic rings. The Labute approximate surface area is 103 Å². The van der Waals surface area contributed by atoms with Crippen LogP contribution in [0.5, 0.6) is 5.88 Å². The summed E-state index contributed by atoms with van der Waals surface area (Å²) in [5.74, 6) is 0.547. The molecule has 0 amide bonds. The number of hydrogen-bond donors (Lipinski definition) is 0. The van der Waals surface area contributed by atoms with Crippen LogP contribution in [0.3, 0.4) is 0 Å². The van der Waals surface area contributed by atoms with Gasteiger partial charge in [0.15, 0.2) is 5.78 Å². The predicted octanol–water partition coefficient (Wildman–Crippen LogP) is 2.00. The molecule has 0 unspecified atom stereocenters. The first-order chi connectivity index (χ1) is 8.17. The van der Waals surface area contributed by atoms with Crippen molar-refractivity contribution in [1.29, 1.82) is 0 Å². The quantitative estimate of drug-likeness (QED) is 0.679. The SMILES string of the molecule is CCN(CC)CCOc1cc(C(C)=O)ccn1. The fraction of sp³-hybridized carbons (Fsp3) is 0.538. The third-order valence-corrected chi connectivity index (χ3v) is 2.69. The number of rotatable bonds is 7. The maximum absolute atomic E-state index is 11.2. The average Bonchev–Trinajstić information content (AvgIpc) is 2.35. The number of nitrogens with zero attached hydrogens (tertiary/aromatic N) is 2. The zero-order valence-electron chi connectivity index (χ0n) is 10.8. The Kier molecular flexibility index (Phi) is 5.63. The molecular formula is C13H20N2O2. The van der Waals surface area contributed by atoms with Crippen molar-refractivity contribution < 1.29 is 9.53 Å². The lowest BCUT2D eigenvalue weighted by Crippen LogP contribution is -2.28. The highest BCUT2D eigenvalue weighted by Crippen LogP contribution is 2.09. The second kappa shape index (κ2) is 7.01. The van der Waals surface area contributed by atoms with E-state index in [1.165, 1.54) is 6.92 Å². The van der Waals surface area contributed by atoms with Crippen LogP contribution in [-0.4, -0.2) is 41.9 Å². The van der Waals surface area contributed by atoms with E-state index in [4.69, 9.17) is 4.74 Å². The molecule has 0 saturated carbocycles. The van der Waals surface area contributed by atoms with Crippen LogP contribution in [0, 0.1) is 0 Å². The van der Waals surface area contributed by atoms with E-state index in [1.807, 2.05) is 0 Å². The van der Waals surface area contributed by atoms with Gasteiger partial charge in [-0.3, -0.25) is 4.79 Å². The van der Waals surface area contributed by atoms with E-state index in [0.29, 0.717) is 18.1 Å². The number of hydrogen-bond acceptors (Lipinski definition) is 4. The first-order valence-electron chi connectivity index (χ1n) is 5.99. The molecule has 1 aromatic heterocycles. The summed E-state index contributed by atoms with van der Waals surface area (Å²) in [7, 11) is 0. The third kappa shape index (κ3) is 4.53. The van der Waals surface area contributed by atoms with Crippen LogP contribution in [0.25, 0.3) is 0 Å². The summed E-state index contributed by atoms with van der Waals surface area (Å²) in [4.78, 5) is 17.5. The third-order valence-electron chi connectivity index (χ3n) is 2.69. The van der Waals surface area contributed by atoms with E-state index >= 15 is 0 Å². The van der Waals surface area contributed by atoms with Crippen molar-refractivity contribution in [2.24, 2.45) is 0 Å². The number of likely N-dealkylation sites (N-methyl/N-ethyl adjacent to an activating group) is 1. The molecule has 0 aliphatic carbocycles. The van der Waals surface area contributed by atoms with Gasteiger partial charge in [-0.05, 0) is 26.1 Å². The molecular weight excluding hydrogens is 216 g/mol. The number of ketones is 1. The smallest absolute Gasteiger partial charge is 0.213 e. The fourth-order valence-corrected chi connectivity index (χ4v) is 1.53. The Balaban J connectivity index is 2.46. The molecule has 0 fully saturated rings. The molecule has 0 atom stereocenters. The Hall–Kier alpha value is -1.42. The van der Waals surface area contributed by atoms with Crippen molar-refractivity contribution in [3.8, 4) is 5.88 Å². The number of aromatic nitrogens is 1.